The molecule has 0 spiro atoms. The minimum Gasteiger partial charge on any atom is -0.372 e. The van der Waals surface area contributed by atoms with Crippen molar-refractivity contribution in [2.75, 3.05) is 17.9 Å². The Labute approximate surface area is 93.0 Å². The number of rotatable bonds is 3. The van der Waals surface area contributed by atoms with Crippen LogP contribution in [0.2, 0.25) is 5.02 Å². The molecule has 1 aromatic rings. The molecule has 0 bridgehead atoms. The van der Waals surface area contributed by atoms with Crippen LogP contribution >= 0.6 is 11.6 Å². The fourth-order valence-electron chi connectivity index (χ4n) is 0.747. The summed E-state index contributed by atoms with van der Waals surface area (Å²) in [6, 6.07) is 4.90. The Morgan fingerprint density at radius 3 is 2.42 bits per heavy atom. The van der Waals surface area contributed by atoms with Crippen LogP contribution in [0, 0.1) is 0 Å². The number of benzene rings is 1. The highest BCUT2D eigenvalue weighted by Crippen LogP contribution is 2.17. The topological polar surface area (TPSA) is 3.24 Å². The van der Waals surface area contributed by atoms with Crippen LogP contribution in [0.5, 0.6) is 0 Å². The largest absolute Gasteiger partial charge is 0.372 e. The molecule has 2 heteroatoms. The normalized spacial score (nSPS) is 26.8. The molecule has 0 aliphatic heterocycles. The predicted octanol–water partition coefficient (Wildman–Crippen LogP) is 3.19. The number of hydrogen-bond donors (Lipinski definition) is 0. The van der Waals surface area contributed by atoms with Gasteiger partial charge in [-0.25, -0.2) is 0 Å². The van der Waals surface area contributed by atoms with Gasteiger partial charge in [-0.1, -0.05) is 11.6 Å². The van der Waals surface area contributed by atoms with Crippen molar-refractivity contribution in [3.63, 3.8) is 0 Å². The Hall–Kier alpha value is -0.690. The summed E-state index contributed by atoms with van der Waals surface area (Å²) in [4.78, 5) is 0.121. The van der Waals surface area contributed by atoms with Crippen molar-refractivity contribution in [3.05, 3.63) is 29.3 Å². The van der Waals surface area contributed by atoms with Gasteiger partial charge in [0.1, 0.15) is 0 Å². The molecule has 12 heavy (non-hydrogen) atoms. The van der Waals surface area contributed by atoms with E-state index in [-0.39, 0.29) is 15.6 Å². The molecule has 1 aromatic carbocycles. The zero-order valence-electron chi connectivity index (χ0n) is 16.1. The fourth-order valence-corrected chi connectivity index (χ4v) is 0.873. The molecule has 1 rings (SSSR count). The van der Waals surface area contributed by atoms with Crippen LogP contribution in [0.3, 0.4) is 0 Å². The lowest BCUT2D eigenvalue weighted by Crippen LogP contribution is -2.21. The molecule has 0 atom stereocenters. The second kappa shape index (κ2) is 4.36. The molecule has 66 valence electrons. The first-order chi connectivity index (χ1) is 9.62. The Morgan fingerprint density at radius 1 is 1.33 bits per heavy atom. The van der Waals surface area contributed by atoms with E-state index in [9.17, 15) is 0 Å². The van der Waals surface area contributed by atoms with Gasteiger partial charge in [0.2, 0.25) is 0 Å². The van der Waals surface area contributed by atoms with Crippen molar-refractivity contribution in [1.82, 2.24) is 0 Å². The zero-order chi connectivity index (χ0) is 17.6. The van der Waals surface area contributed by atoms with Gasteiger partial charge in [-0.3, -0.25) is 0 Å². The van der Waals surface area contributed by atoms with Gasteiger partial charge in [0.25, 0.3) is 0 Å². The maximum absolute atomic E-state index is 7.77. The molecule has 0 saturated heterocycles. The monoisotopic (exact) mass is 193 g/mol. The van der Waals surface area contributed by atoms with Crippen molar-refractivity contribution in [2.45, 2.75) is 13.7 Å². The van der Waals surface area contributed by atoms with Crippen LogP contribution in [-0.2, 0) is 0 Å². The molecule has 0 heterocycles. The molecule has 0 N–H and O–H groups in total. The van der Waals surface area contributed by atoms with E-state index in [1.54, 1.807) is 0 Å². The summed E-state index contributed by atoms with van der Waals surface area (Å²) in [6.45, 7) is -13.0. The lowest BCUT2D eigenvalue weighted by Gasteiger charge is -2.20. The summed E-state index contributed by atoms with van der Waals surface area (Å²) in [5.74, 6) is 0. The summed E-state index contributed by atoms with van der Waals surface area (Å²) < 4.78 is 74.8. The molecule has 0 aliphatic carbocycles. The second-order valence-corrected chi connectivity index (χ2v) is 2.47. The van der Waals surface area contributed by atoms with Gasteiger partial charge in [0.15, 0.2) is 0 Å². The third kappa shape index (κ3) is 2.15. The highest BCUT2D eigenvalue weighted by molar-refractivity contribution is 6.30. The standard InChI is InChI=1S/C10H14ClN/c1-3-12(4-2)10-7-5-9(11)6-8-10/h5-8H,3-4H2,1-2H3/i1D3,2D3,3D2,4D2. The average Bonchev–Trinajstić information content (AvgIpc) is 2.28. The first kappa shape index (κ1) is 2.65. The third-order valence-corrected chi connectivity index (χ3v) is 1.56. The summed E-state index contributed by atoms with van der Waals surface area (Å²) in [5, 5.41) is 0.257. The Balaban J connectivity index is 3.57. The van der Waals surface area contributed by atoms with Crippen LogP contribution in [0.15, 0.2) is 24.3 Å². The molecule has 0 fully saturated rings. The lowest BCUT2D eigenvalue weighted by atomic mass is 10.3. The van der Waals surface area contributed by atoms with E-state index in [1.165, 1.54) is 12.1 Å². The van der Waals surface area contributed by atoms with Crippen molar-refractivity contribution >= 4 is 17.3 Å². The van der Waals surface area contributed by atoms with E-state index in [0.29, 0.717) is 0 Å². The van der Waals surface area contributed by atoms with Crippen LogP contribution in [0.25, 0.3) is 0 Å². The van der Waals surface area contributed by atoms with Gasteiger partial charge in [-0.05, 0) is 38.0 Å². The first-order valence-electron chi connectivity index (χ1n) is 8.18. The highest BCUT2D eigenvalue weighted by Gasteiger charge is 1.99. The van der Waals surface area contributed by atoms with E-state index in [4.69, 9.17) is 25.3 Å². The van der Waals surface area contributed by atoms with E-state index in [1.807, 2.05) is 0 Å². The van der Waals surface area contributed by atoms with Crippen molar-refractivity contribution in [1.29, 1.82) is 0 Å². The summed E-state index contributed by atoms with van der Waals surface area (Å²) in [5.41, 5.74) is -0.244. The highest BCUT2D eigenvalue weighted by atomic mass is 35.5. The van der Waals surface area contributed by atoms with Crippen LogP contribution in [-0.4, -0.2) is 13.0 Å². The second-order valence-electron chi connectivity index (χ2n) is 2.04. The molecule has 0 aromatic heterocycles. The number of hydrogen-bond acceptors (Lipinski definition) is 1. The van der Waals surface area contributed by atoms with Gasteiger partial charge in [0, 0.05) is 37.4 Å². The van der Waals surface area contributed by atoms with Gasteiger partial charge >= 0.3 is 0 Å². The predicted molar refractivity (Wildman–Crippen MR) is 55.0 cm³/mol. The minimum atomic E-state index is -3.27. The molecule has 0 radical (unpaired) electrons. The van der Waals surface area contributed by atoms with Crippen LogP contribution in [0.4, 0.5) is 5.69 Å². The Kier molecular flexibility index (Phi) is 0.963. The Morgan fingerprint density at radius 2 is 1.92 bits per heavy atom. The SMILES string of the molecule is [2H]C([2H])([2H])C([2H])([2H])N(c1ccc(Cl)cc1)C([2H])([2H])C([2H])([2H])[2H]. The van der Waals surface area contributed by atoms with E-state index < -0.39 is 26.7 Å². The number of nitrogens with zero attached hydrogens (tertiary/aromatic N) is 1. The summed E-state index contributed by atoms with van der Waals surface area (Å²) in [6.07, 6.45) is 0. The molecule has 0 saturated carbocycles. The molecular weight excluding hydrogens is 170 g/mol. The molecule has 1 nitrogen and oxygen atoms in total. The maximum Gasteiger partial charge on any atom is 0.0490 e. The molecular formula is C10H14ClN. The van der Waals surface area contributed by atoms with E-state index in [2.05, 4.69) is 0 Å². The Bertz CT molecular complexity index is 492. The fraction of sp³-hybridized carbons (Fsp3) is 0.400. The molecule has 0 unspecified atom stereocenters. The smallest absolute Gasteiger partial charge is 0.0490 e. The van der Waals surface area contributed by atoms with Gasteiger partial charge in [-0.15, -0.1) is 0 Å². The lowest BCUT2D eigenvalue weighted by molar-refractivity contribution is 0.866. The molecule has 0 amide bonds. The summed E-state index contributed by atoms with van der Waals surface area (Å²) >= 11 is 5.70. The maximum atomic E-state index is 7.77. The summed E-state index contributed by atoms with van der Waals surface area (Å²) in [7, 11) is 0. The van der Waals surface area contributed by atoms with Crippen LogP contribution < -0.4 is 4.90 Å². The quantitative estimate of drug-likeness (QED) is 0.713. The van der Waals surface area contributed by atoms with Gasteiger partial charge < -0.3 is 4.90 Å². The van der Waals surface area contributed by atoms with Gasteiger partial charge in [-0.2, -0.15) is 0 Å². The van der Waals surface area contributed by atoms with Crippen molar-refractivity contribution in [2.24, 2.45) is 0 Å². The number of halogens is 1. The van der Waals surface area contributed by atoms with E-state index in [0.717, 1.165) is 12.1 Å². The van der Waals surface area contributed by atoms with Gasteiger partial charge in [0.05, 0.1) is 0 Å². The van der Waals surface area contributed by atoms with Crippen LogP contribution in [0.1, 0.15) is 27.4 Å². The van der Waals surface area contributed by atoms with Crippen molar-refractivity contribution in [3.8, 4) is 0 Å². The third-order valence-electron chi connectivity index (χ3n) is 1.31. The number of anilines is 1. The zero-order valence-corrected chi connectivity index (χ0v) is 6.89. The van der Waals surface area contributed by atoms with E-state index >= 15 is 0 Å². The minimum absolute atomic E-state index is 0.121. The first-order valence-corrected chi connectivity index (χ1v) is 3.56. The molecule has 0 aliphatic rings. The van der Waals surface area contributed by atoms with Crippen molar-refractivity contribution < 1.29 is 13.7 Å². The average molecular weight is 194 g/mol.